The highest BCUT2D eigenvalue weighted by molar-refractivity contribution is 7.47. The molecule has 0 bridgehead atoms. The first-order chi connectivity index (χ1) is 31.4. The van der Waals surface area contributed by atoms with E-state index in [0.717, 1.165) is 21.3 Å². The van der Waals surface area contributed by atoms with E-state index < -0.39 is 99.5 Å². The molecular weight excluding hydrogens is 885 g/mol. The van der Waals surface area contributed by atoms with Crippen LogP contribution in [0.3, 0.4) is 0 Å². The van der Waals surface area contributed by atoms with Crippen molar-refractivity contribution in [3.63, 3.8) is 0 Å². The zero-order valence-electron chi connectivity index (χ0n) is 36.4. The average Bonchev–Trinajstić information content (AvgIpc) is 4.00. The number of anilines is 1. The number of imidazole rings is 1. The number of hydrogen-bond donors (Lipinski definition) is 4. The minimum absolute atomic E-state index is 0.0110. The lowest BCUT2D eigenvalue weighted by atomic mass is 10.0. The van der Waals surface area contributed by atoms with Gasteiger partial charge in [-0.1, -0.05) is 44.2 Å². The average molecular weight is 934 g/mol. The lowest BCUT2D eigenvalue weighted by molar-refractivity contribution is -0.156. The number of Topliss-reactive ketones (excluding diaryl/α,β-unsaturated/α-hetero) is 1. The first-order valence-corrected chi connectivity index (χ1v) is 22.3. The van der Waals surface area contributed by atoms with Gasteiger partial charge in [-0.2, -0.15) is 9.97 Å². The van der Waals surface area contributed by atoms with Gasteiger partial charge in [-0.05, 0) is 55.7 Å². The van der Waals surface area contributed by atoms with E-state index in [1.807, 2.05) is 20.8 Å². The molecule has 1 amide bonds. The molecule has 0 radical (unpaired) electrons. The van der Waals surface area contributed by atoms with Crippen LogP contribution in [0.5, 0.6) is 0 Å². The number of benzene rings is 2. The van der Waals surface area contributed by atoms with Crippen LogP contribution in [0.15, 0.2) is 70.6 Å². The Kier molecular flexibility index (Phi) is 14.5. The Balaban J connectivity index is 1.04. The van der Waals surface area contributed by atoms with Crippen molar-refractivity contribution in [2.24, 2.45) is 5.92 Å². The summed E-state index contributed by atoms with van der Waals surface area (Å²) < 4.78 is 49.7. The number of esters is 2. The molecule has 2 aliphatic heterocycles. The third-order valence-electron chi connectivity index (χ3n) is 11.1. The van der Waals surface area contributed by atoms with Gasteiger partial charge < -0.3 is 28.9 Å². The van der Waals surface area contributed by atoms with E-state index in [1.54, 1.807) is 56.3 Å². The topological polar surface area (TPSA) is 292 Å². The maximum Gasteiger partial charge on any atom is 0.472 e. The number of amides is 1. The van der Waals surface area contributed by atoms with E-state index in [0.29, 0.717) is 5.56 Å². The number of aromatic amines is 1. The fourth-order valence-electron chi connectivity index (χ4n) is 7.34. The quantitative estimate of drug-likeness (QED) is 0.0591. The monoisotopic (exact) mass is 933 g/mol. The Morgan fingerprint density at radius 1 is 0.939 bits per heavy atom. The number of nitrogens with zero attached hydrogens (tertiary/aromatic N) is 5. The second-order valence-corrected chi connectivity index (χ2v) is 17.5. The first kappa shape index (κ1) is 47.7. The van der Waals surface area contributed by atoms with Crippen molar-refractivity contribution in [1.82, 2.24) is 29.1 Å². The molecule has 7 rings (SSSR count). The fourth-order valence-corrected chi connectivity index (χ4v) is 8.30. The van der Waals surface area contributed by atoms with Crippen LogP contribution in [-0.4, -0.2) is 107 Å². The van der Waals surface area contributed by atoms with Crippen molar-refractivity contribution >= 4 is 48.6 Å². The van der Waals surface area contributed by atoms with Crippen LogP contribution in [-0.2, 0) is 48.6 Å². The standard InChI is InChI=1S/C43H48N7O15P/c1-22(2)39(54)47-42-46-38-37(40(55)48-42)44-21-50(38)35-17-31(32(18-51)62-35)65-66(58,59)61-19-33-30(64-36(53)20-60-41(56)27-13-23(3)25(5)24(4)14-27)16-34(63-33)49-12-11-28(45-43(49)57)15-29(52)26-9-7-6-8-10-26/h6-14,21-22,30-35,51H,15-20H2,1-5H3,(H,58,59)(H2,46,47,48,54,55). The molecule has 0 spiro atoms. The molecule has 23 heteroatoms. The molecular formula is C43H48N7O15P. The summed E-state index contributed by atoms with van der Waals surface area (Å²) in [6.07, 6.45) is -5.08. The van der Waals surface area contributed by atoms with Gasteiger partial charge in [-0.3, -0.25) is 42.9 Å². The highest BCUT2D eigenvalue weighted by Gasteiger charge is 2.45. The zero-order chi connectivity index (χ0) is 47.4. The Bertz CT molecular complexity index is 2790. The van der Waals surface area contributed by atoms with Crippen molar-refractivity contribution < 1.29 is 61.7 Å². The normalized spacial score (nSPS) is 21.5. The number of aromatic nitrogens is 6. The molecule has 5 aromatic rings. The Morgan fingerprint density at radius 3 is 2.30 bits per heavy atom. The molecule has 2 saturated heterocycles. The van der Waals surface area contributed by atoms with E-state index >= 15 is 0 Å². The number of rotatable bonds is 17. The van der Waals surface area contributed by atoms with E-state index in [2.05, 4.69) is 25.3 Å². The molecule has 7 unspecified atom stereocenters. The number of phosphoric acid groups is 1. The van der Waals surface area contributed by atoms with Gasteiger partial charge >= 0.3 is 25.5 Å². The molecule has 2 aromatic carbocycles. The first-order valence-electron chi connectivity index (χ1n) is 20.9. The Morgan fingerprint density at radius 2 is 1.62 bits per heavy atom. The number of H-pyrrole nitrogens is 1. The molecule has 7 atom stereocenters. The van der Waals surface area contributed by atoms with Crippen LogP contribution >= 0.6 is 7.82 Å². The number of aryl methyl sites for hydroxylation is 2. The summed E-state index contributed by atoms with van der Waals surface area (Å²) >= 11 is 0. The van der Waals surface area contributed by atoms with Crippen LogP contribution in [0.4, 0.5) is 5.95 Å². The van der Waals surface area contributed by atoms with Crippen molar-refractivity contribution in [3.05, 3.63) is 115 Å². The zero-order valence-corrected chi connectivity index (χ0v) is 37.3. The minimum atomic E-state index is -5.05. The van der Waals surface area contributed by atoms with Gasteiger partial charge in [0, 0.05) is 30.5 Å². The number of aliphatic hydroxyl groups excluding tert-OH is 1. The van der Waals surface area contributed by atoms with Gasteiger partial charge in [0.05, 0.1) is 37.2 Å². The second kappa shape index (κ2) is 20.1. The predicted octanol–water partition coefficient (Wildman–Crippen LogP) is 3.16. The number of ketones is 1. The van der Waals surface area contributed by atoms with Crippen molar-refractivity contribution in [2.75, 3.05) is 25.1 Å². The summed E-state index contributed by atoms with van der Waals surface area (Å²) in [7, 11) is -5.05. The van der Waals surface area contributed by atoms with E-state index in [4.69, 9.17) is 28.0 Å². The van der Waals surface area contributed by atoms with Gasteiger partial charge in [-0.15, -0.1) is 0 Å². The summed E-state index contributed by atoms with van der Waals surface area (Å²) in [5.74, 6) is -3.00. The smallest absolute Gasteiger partial charge is 0.457 e. The number of aliphatic hydroxyl groups is 1. The number of hydrogen-bond acceptors (Lipinski definition) is 17. The molecule has 5 heterocycles. The number of ether oxygens (including phenoxy) is 4. The van der Waals surface area contributed by atoms with Crippen LogP contribution < -0.4 is 16.6 Å². The second-order valence-electron chi connectivity index (χ2n) is 16.1. The van der Waals surface area contributed by atoms with Crippen LogP contribution in [0.25, 0.3) is 11.2 Å². The van der Waals surface area contributed by atoms with Crippen molar-refractivity contribution in [1.29, 1.82) is 0 Å². The number of carbonyl (C=O) groups excluding carboxylic acids is 4. The van der Waals surface area contributed by atoms with Gasteiger partial charge in [0.2, 0.25) is 11.9 Å². The molecule has 22 nitrogen and oxygen atoms in total. The number of nitrogens with one attached hydrogen (secondary N) is 2. The fraction of sp³-hybridized carbons (Fsp3) is 0.419. The minimum Gasteiger partial charge on any atom is -0.457 e. The van der Waals surface area contributed by atoms with Crippen molar-refractivity contribution in [2.45, 2.75) is 90.8 Å². The SMILES string of the molecule is Cc1cc(C(=O)OCC(=O)OC2CC(n3ccc(CC(=O)c4ccccc4)nc3=O)OC2COP(=O)(O)OC2CC(n3cnc4c(=O)[nH]c(NC(=O)C(C)C)nc43)OC2CO)cc(C)c1C. The van der Waals surface area contributed by atoms with Gasteiger partial charge in [0.15, 0.2) is 23.6 Å². The molecule has 0 aliphatic carbocycles. The maximum atomic E-state index is 13.5. The van der Waals surface area contributed by atoms with Gasteiger partial charge in [-0.25, -0.2) is 23.9 Å². The summed E-state index contributed by atoms with van der Waals surface area (Å²) in [5.41, 5.74) is 2.02. The summed E-state index contributed by atoms with van der Waals surface area (Å²) in [6.45, 7) is 6.68. The third kappa shape index (κ3) is 11.0. The van der Waals surface area contributed by atoms with E-state index in [1.165, 1.54) is 23.2 Å². The van der Waals surface area contributed by atoms with Crippen LogP contribution in [0, 0.1) is 26.7 Å². The third-order valence-corrected chi connectivity index (χ3v) is 12.1. The summed E-state index contributed by atoms with van der Waals surface area (Å²) in [6, 6.07) is 13.2. The van der Waals surface area contributed by atoms with Crippen LogP contribution in [0.1, 0.15) is 82.2 Å². The number of carbonyl (C=O) groups is 4. The Labute approximate surface area is 375 Å². The molecule has 2 aliphatic rings. The Hall–Kier alpha value is -6.26. The lowest BCUT2D eigenvalue weighted by Crippen LogP contribution is -2.33. The summed E-state index contributed by atoms with van der Waals surface area (Å²) in [4.78, 5) is 103. The number of phosphoric ester groups is 1. The van der Waals surface area contributed by atoms with E-state index in [9.17, 15) is 43.3 Å². The molecule has 3 aromatic heterocycles. The predicted molar refractivity (Wildman–Crippen MR) is 230 cm³/mol. The molecule has 2 fully saturated rings. The van der Waals surface area contributed by atoms with Crippen LogP contribution in [0.2, 0.25) is 0 Å². The highest BCUT2D eigenvalue weighted by Crippen LogP contribution is 2.49. The molecule has 4 N–H and O–H groups in total. The lowest BCUT2D eigenvalue weighted by Gasteiger charge is -2.23. The number of fused-ring (bicyclic) bond motifs is 1. The largest absolute Gasteiger partial charge is 0.472 e. The maximum absolute atomic E-state index is 13.5. The molecule has 66 heavy (non-hydrogen) atoms. The molecule has 350 valence electrons. The summed E-state index contributed by atoms with van der Waals surface area (Å²) in [5, 5.41) is 12.7. The highest BCUT2D eigenvalue weighted by atomic mass is 31.2. The van der Waals surface area contributed by atoms with Gasteiger partial charge in [0.25, 0.3) is 5.56 Å². The van der Waals surface area contributed by atoms with Gasteiger partial charge in [0.1, 0.15) is 36.9 Å². The van der Waals surface area contributed by atoms with Crippen molar-refractivity contribution in [3.8, 4) is 0 Å². The molecule has 0 saturated carbocycles. The van der Waals surface area contributed by atoms with E-state index in [-0.39, 0.29) is 53.4 Å².